The van der Waals surface area contributed by atoms with E-state index in [2.05, 4.69) is 63.2 Å². The fourth-order valence-electron chi connectivity index (χ4n) is 5.17. The predicted octanol–water partition coefficient (Wildman–Crippen LogP) is 3.63. The lowest BCUT2D eigenvalue weighted by Crippen LogP contribution is -2.42. The van der Waals surface area contributed by atoms with Crippen LogP contribution in [0.2, 0.25) is 0 Å². The van der Waals surface area contributed by atoms with Crippen molar-refractivity contribution in [2.24, 2.45) is 0 Å². The third kappa shape index (κ3) is 7.89. The summed E-state index contributed by atoms with van der Waals surface area (Å²) in [4.78, 5) is 35.6. The molecule has 1 aliphatic heterocycles. The molecule has 0 aliphatic carbocycles. The van der Waals surface area contributed by atoms with Crippen LogP contribution in [0, 0.1) is 17.1 Å². The zero-order valence-corrected chi connectivity index (χ0v) is 24.8. The number of aromatic nitrogens is 5. The molecule has 0 unspecified atom stereocenters. The molecule has 3 aromatic carbocycles. The van der Waals surface area contributed by atoms with Crippen LogP contribution in [-0.4, -0.2) is 73.1 Å². The first-order valence-electron chi connectivity index (χ1n) is 14.8. The highest BCUT2D eigenvalue weighted by Gasteiger charge is 2.21. The van der Waals surface area contributed by atoms with Gasteiger partial charge < -0.3 is 31.4 Å². The van der Waals surface area contributed by atoms with Gasteiger partial charge in [-0.2, -0.15) is 20.2 Å². The Bertz CT molecular complexity index is 1870. The molecule has 1 aliphatic rings. The van der Waals surface area contributed by atoms with Gasteiger partial charge >= 0.3 is 5.97 Å². The number of anilines is 4. The molecule has 46 heavy (non-hydrogen) atoms. The summed E-state index contributed by atoms with van der Waals surface area (Å²) < 4.78 is 13.7. The fraction of sp³-hybridized carbons (Fsp3) is 0.250. The maximum atomic E-state index is 13.7. The van der Waals surface area contributed by atoms with Gasteiger partial charge in [0.05, 0.1) is 29.2 Å². The number of hydrogen-bond acceptors (Lipinski definition) is 11. The molecule has 0 bridgehead atoms. The number of piperazine rings is 1. The lowest BCUT2D eigenvalue weighted by atomic mass is 10.0. The Morgan fingerprint density at radius 1 is 0.978 bits per heavy atom. The van der Waals surface area contributed by atoms with E-state index in [0.29, 0.717) is 22.4 Å². The summed E-state index contributed by atoms with van der Waals surface area (Å²) >= 11 is 0. The molecular formula is C32H32FN11O2. The molecule has 0 saturated carbocycles. The fourth-order valence-corrected chi connectivity index (χ4v) is 5.17. The summed E-state index contributed by atoms with van der Waals surface area (Å²) in [6.45, 7) is 4.87. The predicted molar refractivity (Wildman–Crippen MR) is 171 cm³/mol. The first-order valence-corrected chi connectivity index (χ1v) is 14.8. The minimum atomic E-state index is -1.09. The van der Waals surface area contributed by atoms with Crippen molar-refractivity contribution < 1.29 is 14.3 Å². The first kappa shape index (κ1) is 30.4. The first-order chi connectivity index (χ1) is 22.4. The van der Waals surface area contributed by atoms with Gasteiger partial charge in [0.1, 0.15) is 17.7 Å². The number of nitrogens with one attached hydrogen (secondary N) is 5. The molecular weight excluding hydrogens is 589 g/mol. The average Bonchev–Trinajstić information content (AvgIpc) is 3.46. The lowest BCUT2D eigenvalue weighted by Gasteiger charge is -2.27. The third-order valence-electron chi connectivity index (χ3n) is 7.47. The highest BCUT2D eigenvalue weighted by Crippen LogP contribution is 2.20. The van der Waals surface area contributed by atoms with Crippen molar-refractivity contribution in [3.63, 3.8) is 0 Å². The number of nitrogens with zero attached hydrogens (tertiary/aromatic N) is 6. The van der Waals surface area contributed by atoms with Crippen molar-refractivity contribution in [3.8, 4) is 6.07 Å². The number of nitriles is 1. The van der Waals surface area contributed by atoms with Gasteiger partial charge in [-0.3, -0.25) is 4.90 Å². The number of aliphatic carboxylic acids is 1. The molecule has 0 spiro atoms. The normalized spacial score (nSPS) is 14.0. The molecule has 3 heterocycles. The van der Waals surface area contributed by atoms with Crippen molar-refractivity contribution in [1.29, 1.82) is 5.26 Å². The number of hydrogen-bond donors (Lipinski definition) is 6. The van der Waals surface area contributed by atoms with Gasteiger partial charge in [0, 0.05) is 44.8 Å². The van der Waals surface area contributed by atoms with E-state index in [1.165, 1.54) is 12.1 Å². The molecule has 1 atom stereocenters. The molecule has 6 N–H and O–H groups in total. The third-order valence-corrected chi connectivity index (χ3v) is 7.47. The molecule has 1 fully saturated rings. The quantitative estimate of drug-likeness (QED) is 0.119. The van der Waals surface area contributed by atoms with Crippen molar-refractivity contribution in [3.05, 3.63) is 95.1 Å². The van der Waals surface area contributed by atoms with Crippen LogP contribution in [0.15, 0.2) is 66.7 Å². The Balaban J connectivity index is 1.24. The summed E-state index contributed by atoms with van der Waals surface area (Å²) in [5.74, 6) is -0.506. The van der Waals surface area contributed by atoms with Gasteiger partial charge in [-0.15, -0.1) is 0 Å². The van der Waals surface area contributed by atoms with Gasteiger partial charge in [0.15, 0.2) is 0 Å². The molecule has 14 heteroatoms. The van der Waals surface area contributed by atoms with Gasteiger partial charge in [-0.1, -0.05) is 24.3 Å². The molecule has 2 aromatic heterocycles. The lowest BCUT2D eigenvalue weighted by molar-refractivity contribution is -0.137. The van der Waals surface area contributed by atoms with Gasteiger partial charge in [-0.05, 0) is 53.6 Å². The second-order valence-corrected chi connectivity index (χ2v) is 10.9. The van der Waals surface area contributed by atoms with Crippen LogP contribution in [0.4, 0.5) is 27.9 Å². The van der Waals surface area contributed by atoms with Crippen molar-refractivity contribution in [2.45, 2.75) is 25.6 Å². The Labute approximate surface area is 263 Å². The summed E-state index contributed by atoms with van der Waals surface area (Å²) in [6, 6.07) is 20.0. The minimum Gasteiger partial charge on any atom is -0.480 e. The number of aromatic amines is 1. The molecule has 6 rings (SSSR count). The van der Waals surface area contributed by atoms with Crippen LogP contribution in [0.25, 0.3) is 11.0 Å². The Hall–Kier alpha value is -5.65. The van der Waals surface area contributed by atoms with Crippen LogP contribution < -0.4 is 21.3 Å². The van der Waals surface area contributed by atoms with E-state index in [-0.39, 0.29) is 36.6 Å². The maximum absolute atomic E-state index is 13.7. The summed E-state index contributed by atoms with van der Waals surface area (Å²) in [5.41, 5.74) is 4.29. The number of carboxylic acid groups (broad SMARTS) is 1. The van der Waals surface area contributed by atoms with Crippen LogP contribution in [0.5, 0.6) is 0 Å². The number of imidazole rings is 1. The highest BCUT2D eigenvalue weighted by atomic mass is 19.1. The van der Waals surface area contributed by atoms with E-state index in [1.54, 1.807) is 30.3 Å². The Morgan fingerprint density at radius 3 is 2.54 bits per heavy atom. The Morgan fingerprint density at radius 2 is 1.76 bits per heavy atom. The number of halogens is 1. The number of fused-ring (bicyclic) bond motifs is 1. The summed E-state index contributed by atoms with van der Waals surface area (Å²) in [6.07, 6.45) is 0.127. The highest BCUT2D eigenvalue weighted by molar-refractivity contribution is 5.77. The smallest absolute Gasteiger partial charge is 0.326 e. The standard InChI is InChI=1S/C32H32FN11O2/c33-23-8-9-25-26(16-23)39-28(38-25)18-36-30-41-31(37-24-3-1-2-22(14-24)19-44-12-10-35-11-13-44)43-32(42-30)40-27(29(45)46)15-20-4-6-21(17-34)7-5-20/h1-9,14,16,27,35H,10-13,15,18-19H2,(H,38,39)(H,45,46)(H3,36,37,40,41,42,43)/t27-/m0/s1. The molecule has 0 radical (unpaired) electrons. The van der Waals surface area contributed by atoms with E-state index in [9.17, 15) is 14.3 Å². The number of H-pyrrole nitrogens is 1. The molecule has 5 aromatic rings. The van der Waals surface area contributed by atoms with E-state index >= 15 is 0 Å². The molecule has 234 valence electrons. The van der Waals surface area contributed by atoms with E-state index < -0.39 is 12.0 Å². The van der Waals surface area contributed by atoms with Crippen molar-refractivity contribution in [2.75, 3.05) is 42.1 Å². The Kier molecular flexibility index (Phi) is 9.23. The van der Waals surface area contributed by atoms with Crippen LogP contribution in [0.1, 0.15) is 22.5 Å². The second-order valence-electron chi connectivity index (χ2n) is 10.9. The number of benzene rings is 3. The van der Waals surface area contributed by atoms with E-state index in [1.807, 2.05) is 18.2 Å². The monoisotopic (exact) mass is 621 g/mol. The minimum absolute atomic E-state index is 0.0460. The largest absolute Gasteiger partial charge is 0.480 e. The SMILES string of the molecule is N#Cc1ccc(C[C@H](Nc2nc(NCc3nc4ccc(F)cc4[nH]3)nc(Nc3cccc(CN4CCNCC4)c3)n2)C(=O)O)cc1. The van der Waals surface area contributed by atoms with E-state index in [4.69, 9.17) is 5.26 Å². The summed E-state index contributed by atoms with van der Waals surface area (Å²) in [5, 5.41) is 31.7. The van der Waals surface area contributed by atoms with Gasteiger partial charge in [0.2, 0.25) is 17.8 Å². The maximum Gasteiger partial charge on any atom is 0.326 e. The van der Waals surface area contributed by atoms with Crippen molar-refractivity contribution in [1.82, 2.24) is 35.1 Å². The number of carboxylic acids is 1. The van der Waals surface area contributed by atoms with Gasteiger partial charge in [-0.25, -0.2) is 14.2 Å². The van der Waals surface area contributed by atoms with Crippen LogP contribution >= 0.6 is 0 Å². The molecule has 1 saturated heterocycles. The molecule has 0 amide bonds. The second kappa shape index (κ2) is 14.0. The zero-order valence-electron chi connectivity index (χ0n) is 24.8. The average molecular weight is 622 g/mol. The number of carbonyl (C=O) groups is 1. The van der Waals surface area contributed by atoms with E-state index in [0.717, 1.165) is 49.5 Å². The van der Waals surface area contributed by atoms with Crippen LogP contribution in [0.3, 0.4) is 0 Å². The topological polar surface area (TPSA) is 180 Å². The molecule has 13 nitrogen and oxygen atoms in total. The number of rotatable bonds is 12. The van der Waals surface area contributed by atoms with Gasteiger partial charge in [0.25, 0.3) is 0 Å². The van der Waals surface area contributed by atoms with Crippen molar-refractivity contribution >= 4 is 40.5 Å². The summed E-state index contributed by atoms with van der Waals surface area (Å²) in [7, 11) is 0. The van der Waals surface area contributed by atoms with Crippen LogP contribution in [-0.2, 0) is 24.3 Å². The zero-order chi connectivity index (χ0) is 31.9.